The molecule has 1 N–H and O–H groups in total. The van der Waals surface area contributed by atoms with Gasteiger partial charge >= 0.3 is 0 Å². The zero-order valence-corrected chi connectivity index (χ0v) is 18.5. The molecule has 1 aliphatic heterocycles. The number of nitrogens with one attached hydrogen (secondary N) is 1. The summed E-state index contributed by atoms with van der Waals surface area (Å²) in [6, 6.07) is 18.1. The molecule has 1 heterocycles. The third-order valence-corrected chi connectivity index (χ3v) is 6.09. The van der Waals surface area contributed by atoms with E-state index in [9.17, 15) is 4.79 Å². The second-order valence-corrected chi connectivity index (χ2v) is 7.78. The summed E-state index contributed by atoms with van der Waals surface area (Å²) >= 11 is 0. The number of benzene rings is 2. The monoisotopic (exact) mass is 409 g/mol. The molecule has 0 saturated carbocycles. The molecule has 2 aromatic rings. The Bertz CT molecular complexity index is 786. The van der Waals surface area contributed by atoms with Gasteiger partial charge < -0.3 is 10.1 Å². The van der Waals surface area contributed by atoms with Crippen molar-refractivity contribution in [3.05, 3.63) is 65.7 Å². The number of rotatable bonds is 10. The van der Waals surface area contributed by atoms with Gasteiger partial charge in [0.15, 0.2) is 0 Å². The predicted molar refractivity (Wildman–Crippen MR) is 122 cm³/mol. The highest BCUT2D eigenvalue weighted by atomic mass is 16.5. The van der Waals surface area contributed by atoms with Crippen molar-refractivity contribution in [3.63, 3.8) is 0 Å². The molecule has 0 spiro atoms. The molecule has 5 heteroatoms. The van der Waals surface area contributed by atoms with E-state index in [1.807, 2.05) is 48.5 Å². The lowest BCUT2D eigenvalue weighted by Crippen LogP contribution is -2.43. The third kappa shape index (κ3) is 5.21. The molecule has 5 nitrogen and oxygen atoms in total. The van der Waals surface area contributed by atoms with Crippen molar-refractivity contribution in [1.82, 2.24) is 15.1 Å². The first-order chi connectivity index (χ1) is 14.7. The smallest absolute Gasteiger partial charge is 0.242 e. The first kappa shape index (κ1) is 22.3. The summed E-state index contributed by atoms with van der Waals surface area (Å²) in [5.74, 6) is 0.941. The van der Waals surface area contributed by atoms with E-state index in [0.717, 1.165) is 43.1 Å². The van der Waals surface area contributed by atoms with Crippen LogP contribution in [0.1, 0.15) is 49.9 Å². The molecule has 30 heavy (non-hydrogen) atoms. The highest BCUT2D eigenvalue weighted by molar-refractivity contribution is 5.83. The summed E-state index contributed by atoms with van der Waals surface area (Å²) in [4.78, 5) is 18.1. The summed E-state index contributed by atoms with van der Waals surface area (Å²) in [6.07, 6.45) is 2.40. The van der Waals surface area contributed by atoms with Crippen molar-refractivity contribution in [2.24, 2.45) is 0 Å². The molecular formula is C25H35N3O2. The van der Waals surface area contributed by atoms with Gasteiger partial charge in [-0.2, -0.15) is 0 Å². The third-order valence-electron chi connectivity index (χ3n) is 6.09. The van der Waals surface area contributed by atoms with Crippen LogP contribution in [-0.4, -0.2) is 55.5 Å². The van der Waals surface area contributed by atoms with E-state index >= 15 is 0 Å². The van der Waals surface area contributed by atoms with Crippen LogP contribution >= 0.6 is 0 Å². The largest absolute Gasteiger partial charge is 0.496 e. The van der Waals surface area contributed by atoms with Crippen LogP contribution in [0.4, 0.5) is 0 Å². The van der Waals surface area contributed by atoms with Gasteiger partial charge in [-0.25, -0.2) is 0 Å². The van der Waals surface area contributed by atoms with Crippen molar-refractivity contribution >= 4 is 5.91 Å². The van der Waals surface area contributed by atoms with Gasteiger partial charge in [0.25, 0.3) is 0 Å². The Morgan fingerprint density at radius 3 is 2.30 bits per heavy atom. The molecule has 2 aromatic carbocycles. The Morgan fingerprint density at radius 1 is 1.03 bits per heavy atom. The standard InChI is InChI=1S/C25H35N3O2/c1-4-27(5-2)24(20-13-7-6-8-14-20)25(29)26-19-22(28-17-11-12-18-28)21-15-9-10-16-23(21)30-3/h6-10,13-16,22,24H,4-5,11-12,17-19H2,1-3H3,(H,26,29). The number of likely N-dealkylation sites (tertiary alicyclic amines) is 1. The number of likely N-dealkylation sites (N-methyl/N-ethyl adjacent to an activating group) is 1. The topological polar surface area (TPSA) is 44.8 Å². The van der Waals surface area contributed by atoms with Crippen molar-refractivity contribution in [2.45, 2.75) is 38.8 Å². The maximum atomic E-state index is 13.4. The van der Waals surface area contributed by atoms with Gasteiger partial charge in [-0.1, -0.05) is 62.4 Å². The fourth-order valence-corrected chi connectivity index (χ4v) is 4.48. The van der Waals surface area contributed by atoms with Crippen molar-refractivity contribution in [1.29, 1.82) is 0 Å². The second kappa shape index (κ2) is 11.1. The van der Waals surface area contributed by atoms with Gasteiger partial charge in [-0.05, 0) is 50.7 Å². The second-order valence-electron chi connectivity index (χ2n) is 7.78. The molecule has 1 amide bonds. The number of ether oxygens (including phenoxy) is 1. The maximum Gasteiger partial charge on any atom is 0.242 e. The molecule has 3 rings (SSSR count). The number of para-hydroxylation sites is 1. The molecule has 0 aromatic heterocycles. The Morgan fingerprint density at radius 2 is 1.67 bits per heavy atom. The van der Waals surface area contributed by atoms with Crippen molar-refractivity contribution < 1.29 is 9.53 Å². The van der Waals surface area contributed by atoms with E-state index in [-0.39, 0.29) is 18.0 Å². The van der Waals surface area contributed by atoms with E-state index in [2.05, 4.69) is 35.0 Å². The number of carbonyl (C=O) groups is 1. The predicted octanol–water partition coefficient (Wildman–Crippen LogP) is 4.03. The number of methoxy groups -OCH3 is 1. The van der Waals surface area contributed by atoms with Crippen LogP contribution in [0.3, 0.4) is 0 Å². The van der Waals surface area contributed by atoms with Gasteiger partial charge in [0.1, 0.15) is 11.8 Å². The molecule has 1 saturated heterocycles. The molecule has 0 bridgehead atoms. The maximum absolute atomic E-state index is 13.4. The molecule has 0 radical (unpaired) electrons. The van der Waals surface area contributed by atoms with Crippen LogP contribution in [-0.2, 0) is 4.79 Å². The number of nitrogens with zero attached hydrogens (tertiary/aromatic N) is 2. The zero-order chi connectivity index (χ0) is 21.3. The Kier molecular flexibility index (Phi) is 8.29. The van der Waals surface area contributed by atoms with Gasteiger partial charge in [0, 0.05) is 12.1 Å². The minimum Gasteiger partial charge on any atom is -0.496 e. The molecule has 2 atom stereocenters. The average Bonchev–Trinajstić information content (AvgIpc) is 3.33. The SMILES string of the molecule is CCN(CC)C(C(=O)NCC(c1ccccc1OC)N1CCCC1)c1ccccc1. The highest BCUT2D eigenvalue weighted by Crippen LogP contribution is 2.31. The van der Waals surface area contributed by atoms with Crippen LogP contribution in [0.25, 0.3) is 0 Å². The van der Waals surface area contributed by atoms with Crippen molar-refractivity contribution in [2.75, 3.05) is 39.8 Å². The van der Waals surface area contributed by atoms with E-state index in [1.165, 1.54) is 12.8 Å². The minimum absolute atomic E-state index is 0.0593. The molecule has 1 aliphatic rings. The summed E-state index contributed by atoms with van der Waals surface area (Å²) < 4.78 is 5.63. The molecule has 1 fully saturated rings. The fourth-order valence-electron chi connectivity index (χ4n) is 4.48. The van der Waals surface area contributed by atoms with E-state index < -0.39 is 0 Å². The van der Waals surface area contributed by atoms with Crippen LogP contribution in [0.5, 0.6) is 5.75 Å². The summed E-state index contributed by atoms with van der Waals surface area (Å²) in [5.41, 5.74) is 2.18. The normalized spacial score (nSPS) is 16.4. The Hall–Kier alpha value is -2.37. The lowest BCUT2D eigenvalue weighted by molar-refractivity contribution is -0.126. The molecular weight excluding hydrogens is 374 g/mol. The van der Waals surface area contributed by atoms with E-state index in [1.54, 1.807) is 7.11 Å². The number of hydrogen-bond donors (Lipinski definition) is 1. The van der Waals surface area contributed by atoms with Gasteiger partial charge in [-0.3, -0.25) is 14.6 Å². The van der Waals surface area contributed by atoms with E-state index in [4.69, 9.17) is 4.74 Å². The van der Waals surface area contributed by atoms with Gasteiger partial charge in [0.2, 0.25) is 5.91 Å². The van der Waals surface area contributed by atoms with Crippen molar-refractivity contribution in [3.8, 4) is 5.75 Å². The van der Waals surface area contributed by atoms with Crippen LogP contribution in [0.2, 0.25) is 0 Å². The average molecular weight is 410 g/mol. The van der Waals surface area contributed by atoms with Gasteiger partial charge in [-0.15, -0.1) is 0 Å². The number of carbonyl (C=O) groups excluding carboxylic acids is 1. The first-order valence-corrected chi connectivity index (χ1v) is 11.1. The first-order valence-electron chi connectivity index (χ1n) is 11.1. The molecule has 162 valence electrons. The summed E-state index contributed by atoms with van der Waals surface area (Å²) in [5, 5.41) is 3.28. The van der Waals surface area contributed by atoms with Gasteiger partial charge in [0.05, 0.1) is 13.2 Å². The highest BCUT2D eigenvalue weighted by Gasteiger charge is 2.29. The number of hydrogen-bond acceptors (Lipinski definition) is 4. The molecule has 2 unspecified atom stereocenters. The van der Waals surface area contributed by atoms with Crippen LogP contribution in [0, 0.1) is 0 Å². The summed E-state index contributed by atoms with van der Waals surface area (Å²) in [6.45, 7) is 8.54. The summed E-state index contributed by atoms with van der Waals surface area (Å²) in [7, 11) is 1.71. The lowest BCUT2D eigenvalue weighted by atomic mass is 10.0. The van der Waals surface area contributed by atoms with Crippen LogP contribution < -0.4 is 10.1 Å². The van der Waals surface area contributed by atoms with E-state index in [0.29, 0.717) is 6.54 Å². The number of amides is 1. The van der Waals surface area contributed by atoms with Crippen LogP contribution in [0.15, 0.2) is 54.6 Å². The quantitative estimate of drug-likeness (QED) is 0.643. The molecule has 0 aliphatic carbocycles. The lowest BCUT2D eigenvalue weighted by Gasteiger charge is -2.32. The Labute approximate surface area is 181 Å². The minimum atomic E-state index is -0.280. The zero-order valence-electron chi connectivity index (χ0n) is 18.5. The fraction of sp³-hybridized carbons (Fsp3) is 0.480. The Balaban J connectivity index is 1.81.